The molecule has 30 heavy (non-hydrogen) atoms. The molecule has 2 aromatic rings. The third kappa shape index (κ3) is 3.30. The van der Waals surface area contributed by atoms with Crippen molar-refractivity contribution in [3.63, 3.8) is 0 Å². The third-order valence-corrected chi connectivity index (χ3v) is 5.53. The van der Waals surface area contributed by atoms with E-state index in [1.165, 1.54) is 6.26 Å². The lowest BCUT2D eigenvalue weighted by Gasteiger charge is -2.10. The van der Waals surface area contributed by atoms with Crippen molar-refractivity contribution in [1.82, 2.24) is 0 Å². The molecule has 2 heterocycles. The fourth-order valence-electron chi connectivity index (χ4n) is 3.96. The van der Waals surface area contributed by atoms with Gasteiger partial charge in [0.25, 0.3) is 6.29 Å². The highest BCUT2D eigenvalue weighted by molar-refractivity contribution is 5.92. The number of ether oxygens (including phenoxy) is 3. The first-order valence-corrected chi connectivity index (χ1v) is 9.76. The molecule has 1 fully saturated rings. The SMILES string of the molecule is CC1=CC(O/C=C2/C(=O)OC3c4cc(N=Cc5ccccc5)ccc4CC23)OC1=O. The summed E-state index contributed by atoms with van der Waals surface area (Å²) in [6.45, 7) is 1.66. The van der Waals surface area contributed by atoms with E-state index in [0.29, 0.717) is 17.6 Å². The van der Waals surface area contributed by atoms with Crippen LogP contribution in [-0.4, -0.2) is 24.4 Å². The number of fused-ring (bicyclic) bond motifs is 3. The zero-order valence-electron chi connectivity index (χ0n) is 16.3. The number of carbonyl (C=O) groups excluding carboxylic acids is 2. The lowest BCUT2D eigenvalue weighted by Crippen LogP contribution is -2.11. The van der Waals surface area contributed by atoms with Crippen LogP contribution in [0.25, 0.3) is 0 Å². The summed E-state index contributed by atoms with van der Waals surface area (Å²) < 4.78 is 16.2. The molecule has 2 aliphatic heterocycles. The van der Waals surface area contributed by atoms with Crippen molar-refractivity contribution in [1.29, 1.82) is 0 Å². The second-order valence-electron chi connectivity index (χ2n) is 7.52. The third-order valence-electron chi connectivity index (χ3n) is 5.53. The molecule has 0 saturated carbocycles. The lowest BCUT2D eigenvalue weighted by atomic mass is 9.98. The Hall–Kier alpha value is -3.67. The van der Waals surface area contributed by atoms with Gasteiger partial charge in [0, 0.05) is 23.8 Å². The van der Waals surface area contributed by atoms with Crippen LogP contribution in [0.2, 0.25) is 0 Å². The van der Waals surface area contributed by atoms with Crippen molar-refractivity contribution in [3.8, 4) is 0 Å². The van der Waals surface area contributed by atoms with Crippen LogP contribution in [0.3, 0.4) is 0 Å². The van der Waals surface area contributed by atoms with Gasteiger partial charge in [0.05, 0.1) is 17.5 Å². The van der Waals surface area contributed by atoms with Gasteiger partial charge in [-0.3, -0.25) is 4.99 Å². The van der Waals surface area contributed by atoms with E-state index in [-0.39, 0.29) is 12.0 Å². The first-order chi connectivity index (χ1) is 14.6. The summed E-state index contributed by atoms with van der Waals surface area (Å²) in [7, 11) is 0. The van der Waals surface area contributed by atoms with Crippen LogP contribution in [0, 0.1) is 5.92 Å². The topological polar surface area (TPSA) is 74.2 Å². The predicted molar refractivity (Wildman–Crippen MR) is 109 cm³/mol. The Kier molecular flexibility index (Phi) is 4.47. The molecule has 1 aliphatic carbocycles. The van der Waals surface area contributed by atoms with Crippen LogP contribution in [0.4, 0.5) is 5.69 Å². The van der Waals surface area contributed by atoms with Gasteiger partial charge in [0.2, 0.25) is 0 Å². The molecule has 0 bridgehead atoms. The largest absolute Gasteiger partial charge is 0.458 e. The number of aliphatic imine (C=N–C) groups is 1. The predicted octanol–water partition coefficient (Wildman–Crippen LogP) is 3.94. The van der Waals surface area contributed by atoms with Crippen molar-refractivity contribution in [3.05, 3.63) is 88.7 Å². The molecule has 6 nitrogen and oxygen atoms in total. The molecule has 1 saturated heterocycles. The smallest absolute Gasteiger partial charge is 0.338 e. The standard InChI is InChI=1S/C24H19NO5/c1-14-9-21(29-23(14)26)28-13-20-19-10-16-7-8-17(11-18(16)22(19)30-24(20)27)25-12-15-5-3-2-4-6-15/h2-9,11-13,19,21-22H,10H2,1H3/b20-13+,25-12?. The molecule has 3 unspecified atom stereocenters. The van der Waals surface area contributed by atoms with E-state index >= 15 is 0 Å². The van der Waals surface area contributed by atoms with Gasteiger partial charge in [-0.05, 0) is 42.2 Å². The van der Waals surface area contributed by atoms with Gasteiger partial charge < -0.3 is 14.2 Å². The maximum absolute atomic E-state index is 12.4. The van der Waals surface area contributed by atoms with Gasteiger partial charge in [-0.1, -0.05) is 36.4 Å². The van der Waals surface area contributed by atoms with Gasteiger partial charge in [-0.15, -0.1) is 0 Å². The molecular formula is C24H19NO5. The molecule has 5 rings (SSSR count). The van der Waals surface area contributed by atoms with Gasteiger partial charge >= 0.3 is 11.9 Å². The first-order valence-electron chi connectivity index (χ1n) is 9.76. The molecule has 0 radical (unpaired) electrons. The number of carbonyl (C=O) groups is 2. The number of nitrogens with zero attached hydrogens (tertiary/aromatic N) is 1. The molecule has 0 aromatic heterocycles. The fourth-order valence-corrected chi connectivity index (χ4v) is 3.96. The summed E-state index contributed by atoms with van der Waals surface area (Å²) in [5, 5.41) is 0. The fraction of sp³-hybridized carbons (Fsp3) is 0.208. The minimum absolute atomic E-state index is 0.122. The van der Waals surface area contributed by atoms with E-state index in [9.17, 15) is 9.59 Å². The Morgan fingerprint density at radius 3 is 2.67 bits per heavy atom. The molecule has 0 spiro atoms. The van der Waals surface area contributed by atoms with Gasteiger partial charge in [-0.25, -0.2) is 9.59 Å². The Balaban J connectivity index is 1.34. The van der Waals surface area contributed by atoms with E-state index in [0.717, 1.165) is 22.4 Å². The Morgan fingerprint density at radius 2 is 1.90 bits per heavy atom. The van der Waals surface area contributed by atoms with Crippen molar-refractivity contribution >= 4 is 23.8 Å². The van der Waals surface area contributed by atoms with Crippen molar-refractivity contribution in [2.24, 2.45) is 10.9 Å². The number of esters is 2. The summed E-state index contributed by atoms with van der Waals surface area (Å²) in [6, 6.07) is 15.8. The average molecular weight is 401 g/mol. The van der Waals surface area contributed by atoms with E-state index in [1.54, 1.807) is 13.0 Å². The Bertz CT molecular complexity index is 1120. The highest BCUT2D eigenvalue weighted by Gasteiger charge is 2.46. The Morgan fingerprint density at radius 1 is 1.07 bits per heavy atom. The van der Waals surface area contributed by atoms with Crippen molar-refractivity contribution in [2.45, 2.75) is 25.7 Å². The minimum Gasteiger partial charge on any atom is -0.458 e. The van der Waals surface area contributed by atoms with E-state index in [4.69, 9.17) is 14.2 Å². The van der Waals surface area contributed by atoms with Crippen molar-refractivity contribution < 1.29 is 23.8 Å². The highest BCUT2D eigenvalue weighted by Crippen LogP contribution is 2.48. The number of hydrogen-bond acceptors (Lipinski definition) is 6. The summed E-state index contributed by atoms with van der Waals surface area (Å²) in [5.41, 5.74) is 4.87. The van der Waals surface area contributed by atoms with Gasteiger partial charge in [0.15, 0.2) is 0 Å². The molecule has 0 amide bonds. The molecule has 150 valence electrons. The monoisotopic (exact) mass is 401 g/mol. The summed E-state index contributed by atoms with van der Waals surface area (Å²) in [4.78, 5) is 28.4. The number of hydrogen-bond donors (Lipinski definition) is 0. The maximum atomic E-state index is 12.4. The maximum Gasteiger partial charge on any atom is 0.338 e. The summed E-state index contributed by atoms with van der Waals surface area (Å²) in [6.07, 6.45) is 4.30. The second-order valence-corrected chi connectivity index (χ2v) is 7.52. The number of benzene rings is 2. The molecule has 3 atom stereocenters. The molecule has 2 aromatic carbocycles. The average Bonchev–Trinajstić information content (AvgIpc) is 3.36. The van der Waals surface area contributed by atoms with Crippen LogP contribution in [-0.2, 0) is 30.2 Å². The van der Waals surface area contributed by atoms with E-state index in [1.807, 2.05) is 54.7 Å². The molecule has 0 N–H and O–H groups in total. The van der Waals surface area contributed by atoms with E-state index in [2.05, 4.69) is 4.99 Å². The van der Waals surface area contributed by atoms with Gasteiger partial charge in [0.1, 0.15) is 6.10 Å². The first kappa shape index (κ1) is 18.4. The lowest BCUT2D eigenvalue weighted by molar-refractivity contribution is -0.152. The van der Waals surface area contributed by atoms with Crippen LogP contribution < -0.4 is 0 Å². The van der Waals surface area contributed by atoms with E-state index < -0.39 is 18.2 Å². The number of rotatable bonds is 4. The zero-order chi connectivity index (χ0) is 20.7. The number of cyclic esters (lactones) is 1. The molecule has 6 heteroatoms. The summed E-state index contributed by atoms with van der Waals surface area (Å²) >= 11 is 0. The quantitative estimate of drug-likeness (QED) is 0.336. The summed E-state index contributed by atoms with van der Waals surface area (Å²) in [5.74, 6) is -0.941. The van der Waals surface area contributed by atoms with Crippen LogP contribution in [0.1, 0.15) is 29.7 Å². The Labute approximate surface area is 173 Å². The highest BCUT2D eigenvalue weighted by atomic mass is 16.7. The zero-order valence-corrected chi connectivity index (χ0v) is 16.3. The second kappa shape index (κ2) is 7.30. The van der Waals surface area contributed by atoms with Crippen LogP contribution in [0.5, 0.6) is 0 Å². The molecule has 3 aliphatic rings. The van der Waals surface area contributed by atoms with Gasteiger partial charge in [-0.2, -0.15) is 0 Å². The van der Waals surface area contributed by atoms with Crippen LogP contribution >= 0.6 is 0 Å². The molecular weight excluding hydrogens is 382 g/mol. The van der Waals surface area contributed by atoms with Crippen LogP contribution in [0.15, 0.2) is 77.0 Å². The minimum atomic E-state index is -0.806. The van der Waals surface area contributed by atoms with Crippen molar-refractivity contribution in [2.75, 3.05) is 0 Å². The normalized spacial score (nSPS) is 25.8.